The van der Waals surface area contributed by atoms with Crippen LogP contribution in [0.2, 0.25) is 5.02 Å². The molecule has 4 aromatic rings. The molecular formula is C22H19ClN4O3. The van der Waals surface area contributed by atoms with Crippen molar-refractivity contribution >= 4 is 40.2 Å². The highest BCUT2D eigenvalue weighted by Gasteiger charge is 2.13. The van der Waals surface area contributed by atoms with Gasteiger partial charge in [-0.1, -0.05) is 23.7 Å². The topological polar surface area (TPSA) is 102 Å². The molecule has 0 fully saturated rings. The fourth-order valence-electron chi connectivity index (χ4n) is 3.07. The van der Waals surface area contributed by atoms with Crippen molar-refractivity contribution in [2.75, 3.05) is 17.6 Å². The molecule has 0 amide bonds. The maximum Gasteiger partial charge on any atom is 0.322 e. The zero-order chi connectivity index (χ0) is 21.1. The van der Waals surface area contributed by atoms with Crippen LogP contribution in [0, 0.1) is 0 Å². The summed E-state index contributed by atoms with van der Waals surface area (Å²) in [5.74, 6) is 0.907. The van der Waals surface area contributed by atoms with Gasteiger partial charge in [0, 0.05) is 10.7 Å². The second-order valence-electron chi connectivity index (χ2n) is 6.72. The number of nitrogen functional groups attached to an aromatic ring is 1. The Labute approximate surface area is 177 Å². The third-order valence-corrected chi connectivity index (χ3v) is 4.74. The van der Waals surface area contributed by atoms with Crippen molar-refractivity contribution in [1.82, 2.24) is 9.55 Å². The number of carboxylic acids is 1. The Bertz CT molecular complexity index is 1190. The Morgan fingerprint density at radius 2 is 1.73 bits per heavy atom. The monoisotopic (exact) mass is 422 g/mol. The van der Waals surface area contributed by atoms with E-state index in [4.69, 9.17) is 27.2 Å². The third-order valence-electron chi connectivity index (χ3n) is 4.48. The second kappa shape index (κ2) is 8.34. The van der Waals surface area contributed by atoms with Gasteiger partial charge in [-0.3, -0.25) is 4.79 Å². The van der Waals surface area contributed by atoms with Crippen molar-refractivity contribution in [2.24, 2.45) is 0 Å². The van der Waals surface area contributed by atoms with Gasteiger partial charge in [0.25, 0.3) is 0 Å². The zero-order valence-corrected chi connectivity index (χ0v) is 16.6. The lowest BCUT2D eigenvalue weighted by Crippen LogP contribution is -2.16. The van der Waals surface area contributed by atoms with Gasteiger partial charge in [0.1, 0.15) is 18.0 Å². The molecule has 0 radical (unpaired) electrons. The Morgan fingerprint density at radius 1 is 1.07 bits per heavy atom. The highest BCUT2D eigenvalue weighted by atomic mass is 35.5. The first-order valence-corrected chi connectivity index (χ1v) is 9.59. The van der Waals surface area contributed by atoms with Gasteiger partial charge in [-0.25, -0.2) is 4.98 Å². The Balaban J connectivity index is 1.58. The molecule has 1 heterocycles. The van der Waals surface area contributed by atoms with Gasteiger partial charge < -0.3 is 25.5 Å². The summed E-state index contributed by atoms with van der Waals surface area (Å²) in [6.07, 6.45) is 0. The average Bonchev–Trinajstić information content (AvgIpc) is 3.06. The van der Waals surface area contributed by atoms with Crippen molar-refractivity contribution in [3.8, 4) is 11.5 Å². The minimum absolute atomic E-state index is 0.229. The number of anilines is 2. The number of aliphatic carboxylic acids is 1. The summed E-state index contributed by atoms with van der Waals surface area (Å²) in [6.45, 7) is 0.260. The minimum Gasteiger partial charge on any atom is -0.480 e. The Kier molecular flexibility index (Phi) is 5.45. The molecule has 7 nitrogen and oxygen atoms in total. The number of carbonyl (C=O) groups is 1. The van der Waals surface area contributed by atoms with Crippen LogP contribution in [-0.2, 0) is 11.3 Å². The van der Waals surface area contributed by atoms with E-state index >= 15 is 0 Å². The van der Waals surface area contributed by atoms with Crippen LogP contribution in [0.4, 0.5) is 11.6 Å². The SMILES string of the molecule is Nc1ccc2nc(NCC(=O)O)n(Cc3ccc(Oc4ccc(Cl)cc4)cc3)c2c1. The van der Waals surface area contributed by atoms with E-state index in [9.17, 15) is 4.79 Å². The van der Waals surface area contributed by atoms with E-state index < -0.39 is 5.97 Å². The molecule has 152 valence electrons. The standard InChI is InChI=1S/C22H19ClN4O3/c23-15-3-8-18(9-4-15)30-17-6-1-14(2-7-17)13-27-20-11-16(24)5-10-19(20)26-22(27)25-12-21(28)29/h1-11H,12-13,24H2,(H,25,26)(H,28,29). The summed E-state index contributed by atoms with van der Waals surface area (Å²) < 4.78 is 7.73. The number of rotatable bonds is 7. The molecule has 0 bridgehead atoms. The molecule has 4 rings (SSSR count). The van der Waals surface area contributed by atoms with E-state index in [0.29, 0.717) is 34.7 Å². The van der Waals surface area contributed by atoms with E-state index in [2.05, 4.69) is 10.3 Å². The maximum absolute atomic E-state index is 11.0. The number of benzene rings is 3. The molecule has 0 atom stereocenters. The van der Waals surface area contributed by atoms with E-state index in [0.717, 1.165) is 16.6 Å². The Hall–Kier alpha value is -3.71. The predicted octanol–water partition coefficient (Wildman–Crippen LogP) is 4.61. The Morgan fingerprint density at radius 3 is 2.40 bits per heavy atom. The highest BCUT2D eigenvalue weighted by Crippen LogP contribution is 2.26. The van der Waals surface area contributed by atoms with E-state index in [1.54, 1.807) is 30.3 Å². The number of nitrogens with two attached hydrogens (primary N) is 1. The van der Waals surface area contributed by atoms with Gasteiger partial charge in [-0.05, 0) is 60.2 Å². The molecule has 8 heteroatoms. The van der Waals surface area contributed by atoms with Crippen LogP contribution in [0.1, 0.15) is 5.56 Å². The van der Waals surface area contributed by atoms with Crippen LogP contribution in [0.3, 0.4) is 0 Å². The van der Waals surface area contributed by atoms with Crippen LogP contribution in [-0.4, -0.2) is 27.2 Å². The van der Waals surface area contributed by atoms with Crippen LogP contribution >= 0.6 is 11.6 Å². The molecular weight excluding hydrogens is 404 g/mol. The summed E-state index contributed by atoms with van der Waals surface area (Å²) in [6, 6.07) is 20.2. The lowest BCUT2D eigenvalue weighted by molar-refractivity contribution is -0.134. The molecule has 0 aliphatic heterocycles. The molecule has 0 spiro atoms. The first-order chi connectivity index (χ1) is 14.5. The molecule has 0 saturated carbocycles. The van der Waals surface area contributed by atoms with Gasteiger partial charge in [0.2, 0.25) is 5.95 Å². The van der Waals surface area contributed by atoms with Crippen molar-refractivity contribution < 1.29 is 14.6 Å². The molecule has 4 N–H and O–H groups in total. The zero-order valence-electron chi connectivity index (χ0n) is 15.9. The fraction of sp³-hybridized carbons (Fsp3) is 0.0909. The van der Waals surface area contributed by atoms with E-state index in [1.165, 1.54) is 0 Å². The summed E-state index contributed by atoms with van der Waals surface area (Å²) in [5.41, 5.74) is 9.11. The number of aromatic nitrogens is 2. The van der Waals surface area contributed by atoms with Crippen molar-refractivity contribution in [3.63, 3.8) is 0 Å². The number of imidazole rings is 1. The van der Waals surface area contributed by atoms with Gasteiger partial charge in [-0.2, -0.15) is 0 Å². The predicted molar refractivity (Wildman–Crippen MR) is 117 cm³/mol. The summed E-state index contributed by atoms with van der Waals surface area (Å²) in [5, 5.41) is 12.5. The smallest absolute Gasteiger partial charge is 0.322 e. The fourth-order valence-corrected chi connectivity index (χ4v) is 3.20. The van der Waals surface area contributed by atoms with Crippen molar-refractivity contribution in [2.45, 2.75) is 6.54 Å². The first-order valence-electron chi connectivity index (χ1n) is 9.22. The number of halogens is 1. The summed E-state index contributed by atoms with van der Waals surface area (Å²) in [4.78, 5) is 15.5. The number of carboxylic acid groups (broad SMARTS) is 1. The van der Waals surface area contributed by atoms with Crippen LogP contribution in [0.25, 0.3) is 11.0 Å². The molecule has 1 aromatic heterocycles. The lowest BCUT2D eigenvalue weighted by Gasteiger charge is -2.11. The number of hydrogen-bond acceptors (Lipinski definition) is 5. The minimum atomic E-state index is -0.961. The molecule has 3 aromatic carbocycles. The number of fused-ring (bicyclic) bond motifs is 1. The second-order valence-corrected chi connectivity index (χ2v) is 7.15. The lowest BCUT2D eigenvalue weighted by atomic mass is 10.2. The number of nitrogens with one attached hydrogen (secondary N) is 1. The van der Waals surface area contributed by atoms with E-state index in [-0.39, 0.29) is 6.54 Å². The largest absolute Gasteiger partial charge is 0.480 e. The number of nitrogens with zero attached hydrogens (tertiary/aromatic N) is 2. The van der Waals surface area contributed by atoms with Crippen molar-refractivity contribution in [1.29, 1.82) is 0 Å². The van der Waals surface area contributed by atoms with Crippen LogP contribution in [0.15, 0.2) is 66.7 Å². The normalized spacial score (nSPS) is 10.8. The molecule has 0 aliphatic rings. The maximum atomic E-state index is 11.0. The average molecular weight is 423 g/mol. The van der Waals surface area contributed by atoms with Gasteiger partial charge in [0.05, 0.1) is 17.6 Å². The van der Waals surface area contributed by atoms with Gasteiger partial charge >= 0.3 is 5.97 Å². The van der Waals surface area contributed by atoms with Crippen LogP contribution in [0.5, 0.6) is 11.5 Å². The number of hydrogen-bond donors (Lipinski definition) is 3. The van der Waals surface area contributed by atoms with Gasteiger partial charge in [-0.15, -0.1) is 0 Å². The molecule has 0 saturated heterocycles. The molecule has 0 unspecified atom stereocenters. The van der Waals surface area contributed by atoms with Crippen molar-refractivity contribution in [3.05, 3.63) is 77.3 Å². The molecule has 0 aliphatic carbocycles. The van der Waals surface area contributed by atoms with Gasteiger partial charge in [0.15, 0.2) is 0 Å². The number of ether oxygens (including phenoxy) is 1. The van der Waals surface area contributed by atoms with Crippen LogP contribution < -0.4 is 15.8 Å². The highest BCUT2D eigenvalue weighted by molar-refractivity contribution is 6.30. The third kappa shape index (κ3) is 4.47. The first kappa shape index (κ1) is 19.6. The quantitative estimate of drug-likeness (QED) is 0.376. The summed E-state index contributed by atoms with van der Waals surface area (Å²) in [7, 11) is 0. The molecule has 30 heavy (non-hydrogen) atoms. The summed E-state index contributed by atoms with van der Waals surface area (Å²) >= 11 is 5.90. The van der Waals surface area contributed by atoms with E-state index in [1.807, 2.05) is 41.0 Å².